The molecule has 0 saturated carbocycles. The molecule has 0 amide bonds. The molecule has 0 aliphatic carbocycles. The van der Waals surface area contributed by atoms with E-state index in [0.717, 1.165) is 12.2 Å². The molecule has 1 aromatic rings. The number of rotatable bonds is 6. The summed E-state index contributed by atoms with van der Waals surface area (Å²) in [6.07, 6.45) is 6.31. The highest BCUT2D eigenvalue weighted by Crippen LogP contribution is 2.22. The normalized spacial score (nSPS) is 13.1. The third-order valence-corrected chi connectivity index (χ3v) is 2.32. The van der Waals surface area contributed by atoms with Gasteiger partial charge in [-0.15, -0.1) is 0 Å². The molecule has 0 bridgehead atoms. The molecule has 1 rings (SSSR count). The summed E-state index contributed by atoms with van der Waals surface area (Å²) in [5.41, 5.74) is 0. The highest BCUT2D eigenvalue weighted by atomic mass is 16.3. The Morgan fingerprint density at radius 1 is 1.46 bits per heavy atom. The molecule has 0 spiro atoms. The fourth-order valence-electron chi connectivity index (χ4n) is 1.49. The van der Waals surface area contributed by atoms with Crippen molar-refractivity contribution in [2.75, 3.05) is 6.61 Å². The summed E-state index contributed by atoms with van der Waals surface area (Å²) in [6.45, 7) is 2.37. The van der Waals surface area contributed by atoms with Gasteiger partial charge < -0.3 is 9.52 Å². The molecule has 1 aromatic heterocycles. The van der Waals surface area contributed by atoms with E-state index in [2.05, 4.69) is 6.92 Å². The van der Waals surface area contributed by atoms with Crippen LogP contribution in [0.4, 0.5) is 0 Å². The number of hydrogen-bond acceptors (Lipinski definition) is 2. The van der Waals surface area contributed by atoms with Gasteiger partial charge in [0.2, 0.25) is 0 Å². The number of aliphatic hydroxyl groups excluding tert-OH is 1. The highest BCUT2D eigenvalue weighted by molar-refractivity contribution is 5.04. The van der Waals surface area contributed by atoms with E-state index < -0.39 is 0 Å². The molecule has 0 saturated heterocycles. The monoisotopic (exact) mass is 182 g/mol. The van der Waals surface area contributed by atoms with E-state index in [9.17, 15) is 0 Å². The molecule has 0 aromatic carbocycles. The zero-order chi connectivity index (χ0) is 9.52. The lowest BCUT2D eigenvalue weighted by Gasteiger charge is -2.10. The van der Waals surface area contributed by atoms with Crippen LogP contribution in [0.25, 0.3) is 0 Å². The van der Waals surface area contributed by atoms with Crippen LogP contribution in [0.2, 0.25) is 0 Å². The van der Waals surface area contributed by atoms with Crippen molar-refractivity contribution in [1.29, 1.82) is 0 Å². The zero-order valence-electron chi connectivity index (χ0n) is 8.20. The van der Waals surface area contributed by atoms with Crippen molar-refractivity contribution in [2.24, 2.45) is 0 Å². The Morgan fingerprint density at radius 2 is 2.31 bits per heavy atom. The van der Waals surface area contributed by atoms with Crippen LogP contribution in [0, 0.1) is 0 Å². The molecule has 0 radical (unpaired) electrons. The van der Waals surface area contributed by atoms with E-state index in [1.165, 1.54) is 19.3 Å². The Bertz CT molecular complexity index is 204. The second-order valence-corrected chi connectivity index (χ2v) is 3.39. The lowest BCUT2D eigenvalue weighted by Crippen LogP contribution is -2.02. The van der Waals surface area contributed by atoms with Crippen LogP contribution in [0.3, 0.4) is 0 Å². The fourth-order valence-corrected chi connectivity index (χ4v) is 1.49. The largest absolute Gasteiger partial charge is 0.469 e. The first-order chi connectivity index (χ1) is 6.38. The number of furan rings is 1. The first kappa shape index (κ1) is 10.3. The summed E-state index contributed by atoms with van der Waals surface area (Å²) < 4.78 is 5.26. The van der Waals surface area contributed by atoms with Gasteiger partial charge in [-0.3, -0.25) is 0 Å². The summed E-state index contributed by atoms with van der Waals surface area (Å²) in [4.78, 5) is 0. The molecule has 1 unspecified atom stereocenters. The second-order valence-electron chi connectivity index (χ2n) is 3.39. The number of unbranched alkanes of at least 4 members (excludes halogenated alkanes) is 2. The molecule has 1 atom stereocenters. The minimum atomic E-state index is 0.192. The molecule has 13 heavy (non-hydrogen) atoms. The topological polar surface area (TPSA) is 33.4 Å². The van der Waals surface area contributed by atoms with Crippen molar-refractivity contribution < 1.29 is 9.52 Å². The summed E-state index contributed by atoms with van der Waals surface area (Å²) in [6, 6.07) is 3.81. The molecule has 0 fully saturated rings. The summed E-state index contributed by atoms with van der Waals surface area (Å²) in [5.74, 6) is 1.11. The summed E-state index contributed by atoms with van der Waals surface area (Å²) in [7, 11) is 0. The first-order valence-electron chi connectivity index (χ1n) is 5.02. The van der Waals surface area contributed by atoms with Gasteiger partial charge in [-0.1, -0.05) is 26.2 Å². The first-order valence-corrected chi connectivity index (χ1v) is 5.02. The van der Waals surface area contributed by atoms with Crippen LogP contribution in [-0.4, -0.2) is 11.7 Å². The maximum Gasteiger partial charge on any atom is 0.109 e. The smallest absolute Gasteiger partial charge is 0.109 e. The minimum Gasteiger partial charge on any atom is -0.469 e. The van der Waals surface area contributed by atoms with Crippen molar-refractivity contribution in [2.45, 2.75) is 38.5 Å². The van der Waals surface area contributed by atoms with Gasteiger partial charge in [-0.2, -0.15) is 0 Å². The van der Waals surface area contributed by atoms with Gasteiger partial charge in [0.1, 0.15) is 5.76 Å². The van der Waals surface area contributed by atoms with Crippen LogP contribution in [0.1, 0.15) is 44.3 Å². The number of hydrogen-bond donors (Lipinski definition) is 1. The van der Waals surface area contributed by atoms with Gasteiger partial charge in [-0.05, 0) is 18.6 Å². The van der Waals surface area contributed by atoms with E-state index in [1.807, 2.05) is 12.1 Å². The maximum atomic E-state index is 9.14. The molecule has 0 aliphatic rings. The summed E-state index contributed by atoms with van der Waals surface area (Å²) >= 11 is 0. The van der Waals surface area contributed by atoms with Gasteiger partial charge in [0.15, 0.2) is 0 Å². The average molecular weight is 182 g/mol. The quantitative estimate of drug-likeness (QED) is 0.686. The van der Waals surface area contributed by atoms with Gasteiger partial charge in [-0.25, -0.2) is 0 Å². The maximum absolute atomic E-state index is 9.14. The van der Waals surface area contributed by atoms with Gasteiger partial charge in [0.05, 0.1) is 12.9 Å². The molecule has 74 valence electrons. The second kappa shape index (κ2) is 5.81. The third kappa shape index (κ3) is 3.23. The third-order valence-electron chi connectivity index (χ3n) is 2.32. The Labute approximate surface area is 79.6 Å². The van der Waals surface area contributed by atoms with Crippen molar-refractivity contribution in [1.82, 2.24) is 0 Å². The average Bonchev–Trinajstić information content (AvgIpc) is 2.65. The van der Waals surface area contributed by atoms with Crippen LogP contribution in [0.5, 0.6) is 0 Å². The highest BCUT2D eigenvalue weighted by Gasteiger charge is 2.11. The fraction of sp³-hybridized carbons (Fsp3) is 0.636. The molecule has 0 aliphatic heterocycles. The Hall–Kier alpha value is -0.760. The van der Waals surface area contributed by atoms with Crippen molar-refractivity contribution in [3.05, 3.63) is 24.2 Å². The molecule has 1 heterocycles. The van der Waals surface area contributed by atoms with Crippen LogP contribution in [0.15, 0.2) is 22.8 Å². The number of aliphatic hydroxyl groups is 1. The van der Waals surface area contributed by atoms with Crippen LogP contribution < -0.4 is 0 Å². The van der Waals surface area contributed by atoms with Gasteiger partial charge in [0, 0.05) is 5.92 Å². The lowest BCUT2D eigenvalue weighted by atomic mass is 10.00. The standard InChI is InChI=1S/C11H18O2/c1-2-3-4-6-10(9-12)11-7-5-8-13-11/h5,7-8,10,12H,2-4,6,9H2,1H3. The van der Waals surface area contributed by atoms with E-state index in [4.69, 9.17) is 9.52 Å². The Morgan fingerprint density at radius 3 is 2.85 bits per heavy atom. The van der Waals surface area contributed by atoms with E-state index >= 15 is 0 Å². The predicted molar refractivity (Wildman–Crippen MR) is 52.7 cm³/mol. The van der Waals surface area contributed by atoms with Gasteiger partial charge in [0.25, 0.3) is 0 Å². The van der Waals surface area contributed by atoms with E-state index in [0.29, 0.717) is 0 Å². The molecule has 1 N–H and O–H groups in total. The molecular weight excluding hydrogens is 164 g/mol. The van der Waals surface area contributed by atoms with E-state index in [-0.39, 0.29) is 12.5 Å². The van der Waals surface area contributed by atoms with E-state index in [1.54, 1.807) is 6.26 Å². The van der Waals surface area contributed by atoms with Gasteiger partial charge >= 0.3 is 0 Å². The Kier molecular flexibility index (Phi) is 4.61. The predicted octanol–water partition coefficient (Wildman–Crippen LogP) is 2.94. The van der Waals surface area contributed by atoms with Crippen molar-refractivity contribution in [3.63, 3.8) is 0 Å². The van der Waals surface area contributed by atoms with Crippen LogP contribution >= 0.6 is 0 Å². The summed E-state index contributed by atoms with van der Waals surface area (Å²) in [5, 5.41) is 9.14. The lowest BCUT2D eigenvalue weighted by molar-refractivity contribution is 0.239. The minimum absolute atomic E-state index is 0.192. The zero-order valence-corrected chi connectivity index (χ0v) is 8.20. The molecule has 2 nitrogen and oxygen atoms in total. The SMILES string of the molecule is CCCCCC(CO)c1ccco1. The molecule has 2 heteroatoms. The Balaban J connectivity index is 2.35. The molecular formula is C11H18O2. The van der Waals surface area contributed by atoms with Crippen molar-refractivity contribution in [3.8, 4) is 0 Å². The van der Waals surface area contributed by atoms with Crippen LogP contribution in [-0.2, 0) is 0 Å². The van der Waals surface area contributed by atoms with Crippen molar-refractivity contribution >= 4 is 0 Å².